The molecule has 0 bridgehead atoms. The Bertz CT molecular complexity index is 469. The third-order valence-electron chi connectivity index (χ3n) is 3.39. The van der Waals surface area contributed by atoms with Gasteiger partial charge in [0.1, 0.15) is 30.7 Å². The van der Waals surface area contributed by atoms with E-state index in [9.17, 15) is 15.0 Å². The van der Waals surface area contributed by atoms with Crippen molar-refractivity contribution in [3.63, 3.8) is 0 Å². The van der Waals surface area contributed by atoms with Crippen LogP contribution in [-0.4, -0.2) is 69.9 Å². The van der Waals surface area contributed by atoms with Gasteiger partial charge in [-0.3, -0.25) is 4.79 Å². The number of allylic oxidation sites excluding steroid dienone is 1. The second-order valence-electron chi connectivity index (χ2n) is 5.08. The molecule has 132 valence electrons. The van der Waals surface area contributed by atoms with Crippen LogP contribution in [0.2, 0.25) is 0 Å². The summed E-state index contributed by atoms with van der Waals surface area (Å²) in [6, 6.07) is 0. The molecule has 1 aliphatic heterocycles. The van der Waals surface area contributed by atoms with Crippen LogP contribution in [-0.2, 0) is 9.53 Å². The first-order chi connectivity index (χ1) is 10.9. The molecule has 10 nitrogen and oxygen atoms in total. The maximum absolute atomic E-state index is 12.2. The third-order valence-corrected chi connectivity index (χ3v) is 3.39. The van der Waals surface area contributed by atoms with Crippen LogP contribution in [0.25, 0.3) is 0 Å². The number of hydrogen-bond donors (Lipinski definition) is 8. The Hall–Kier alpha value is -1.72. The van der Waals surface area contributed by atoms with Crippen LogP contribution in [0.1, 0.15) is 19.8 Å². The van der Waals surface area contributed by atoms with Gasteiger partial charge in [-0.25, -0.2) is 0 Å². The number of carbonyl (C=O) groups excluding carboxylic acids is 1. The van der Waals surface area contributed by atoms with Gasteiger partial charge in [0, 0.05) is 0 Å². The highest BCUT2D eigenvalue weighted by Gasteiger charge is 2.43. The number of aliphatic hydroxyl groups excluding tert-OH is 4. The fourth-order valence-electron chi connectivity index (χ4n) is 2.13. The van der Waals surface area contributed by atoms with E-state index in [0.29, 0.717) is 12.8 Å². The van der Waals surface area contributed by atoms with Crippen LogP contribution in [0.15, 0.2) is 11.4 Å². The minimum absolute atomic E-state index is 0.0276. The monoisotopic (exact) mass is 332 g/mol. The molecule has 1 fully saturated rings. The second-order valence-corrected chi connectivity index (χ2v) is 5.08. The van der Waals surface area contributed by atoms with Crippen LogP contribution in [0.4, 0.5) is 0 Å². The van der Waals surface area contributed by atoms with Crippen molar-refractivity contribution in [3.8, 4) is 0 Å². The highest BCUT2D eigenvalue weighted by atomic mass is 16.6. The lowest BCUT2D eigenvalue weighted by Gasteiger charge is -2.19. The van der Waals surface area contributed by atoms with E-state index < -0.39 is 43.8 Å². The van der Waals surface area contributed by atoms with E-state index in [1.54, 1.807) is 0 Å². The van der Waals surface area contributed by atoms with E-state index in [1.165, 1.54) is 0 Å². The minimum Gasteiger partial charge on any atom is -0.395 e. The minimum atomic E-state index is -1.43. The Morgan fingerprint density at radius 2 is 1.96 bits per heavy atom. The summed E-state index contributed by atoms with van der Waals surface area (Å²) in [4.78, 5) is 12.2. The van der Waals surface area contributed by atoms with E-state index in [0.717, 1.165) is 0 Å². The van der Waals surface area contributed by atoms with Crippen molar-refractivity contribution in [1.82, 2.24) is 10.6 Å². The van der Waals surface area contributed by atoms with Crippen molar-refractivity contribution in [1.29, 1.82) is 5.41 Å². The van der Waals surface area contributed by atoms with Crippen LogP contribution in [0.3, 0.4) is 0 Å². The van der Waals surface area contributed by atoms with Crippen LogP contribution in [0.5, 0.6) is 0 Å². The van der Waals surface area contributed by atoms with Crippen molar-refractivity contribution < 1.29 is 30.0 Å². The zero-order chi connectivity index (χ0) is 17.6. The van der Waals surface area contributed by atoms with Crippen molar-refractivity contribution in [2.45, 2.75) is 44.3 Å². The molecule has 10 heteroatoms. The SMILES string of the molecule is CCCC(=N)/C(N)=C(\NCO)C(=O)NC1OC(CO)C(O)C1O. The predicted octanol–water partition coefficient (Wildman–Crippen LogP) is -2.93. The predicted molar refractivity (Wildman–Crippen MR) is 80.0 cm³/mol. The first-order valence-electron chi connectivity index (χ1n) is 7.22. The normalized spacial score (nSPS) is 28.2. The number of amides is 1. The molecular formula is C13H24N4O6. The van der Waals surface area contributed by atoms with Crippen molar-refractivity contribution >= 4 is 11.6 Å². The molecule has 1 amide bonds. The van der Waals surface area contributed by atoms with Gasteiger partial charge in [-0.15, -0.1) is 0 Å². The molecule has 0 aromatic rings. The summed E-state index contributed by atoms with van der Waals surface area (Å²) in [6.45, 7) is 0.741. The Kier molecular flexibility index (Phi) is 7.39. The zero-order valence-corrected chi connectivity index (χ0v) is 12.8. The number of rotatable bonds is 8. The summed E-state index contributed by atoms with van der Waals surface area (Å²) in [5.41, 5.74) is 5.41. The average molecular weight is 332 g/mol. The van der Waals surface area contributed by atoms with Gasteiger partial charge in [0.2, 0.25) is 0 Å². The molecule has 1 heterocycles. The van der Waals surface area contributed by atoms with Gasteiger partial charge < -0.3 is 46.9 Å². The highest BCUT2D eigenvalue weighted by molar-refractivity contribution is 6.05. The summed E-state index contributed by atoms with van der Waals surface area (Å²) in [5, 5.41) is 49.8. The maximum Gasteiger partial charge on any atom is 0.271 e. The Labute approximate surface area is 133 Å². The van der Waals surface area contributed by atoms with Crippen molar-refractivity contribution in [2.75, 3.05) is 13.3 Å². The van der Waals surface area contributed by atoms with Crippen LogP contribution < -0.4 is 16.4 Å². The highest BCUT2D eigenvalue weighted by Crippen LogP contribution is 2.19. The van der Waals surface area contributed by atoms with E-state index in [4.69, 9.17) is 26.1 Å². The van der Waals surface area contributed by atoms with Gasteiger partial charge in [-0.05, 0) is 6.42 Å². The number of ether oxygens (including phenoxy) is 1. The van der Waals surface area contributed by atoms with Gasteiger partial charge in [0.05, 0.1) is 18.0 Å². The Morgan fingerprint density at radius 1 is 1.30 bits per heavy atom. The van der Waals surface area contributed by atoms with Gasteiger partial charge in [0.15, 0.2) is 6.23 Å². The molecule has 4 unspecified atom stereocenters. The molecular weight excluding hydrogens is 308 g/mol. The van der Waals surface area contributed by atoms with Crippen molar-refractivity contribution in [2.24, 2.45) is 5.73 Å². The molecule has 0 aromatic heterocycles. The number of nitrogens with two attached hydrogens (primary N) is 1. The van der Waals surface area contributed by atoms with Crippen molar-refractivity contribution in [3.05, 3.63) is 11.4 Å². The Balaban J connectivity index is 2.87. The molecule has 9 N–H and O–H groups in total. The summed E-state index contributed by atoms with van der Waals surface area (Å²) in [5.74, 6) is -0.813. The van der Waals surface area contributed by atoms with E-state index in [2.05, 4.69) is 10.6 Å². The van der Waals surface area contributed by atoms with Gasteiger partial charge in [0.25, 0.3) is 5.91 Å². The molecule has 4 atom stereocenters. The number of nitrogens with one attached hydrogen (secondary N) is 3. The third kappa shape index (κ3) is 4.62. The van der Waals surface area contributed by atoms with E-state index >= 15 is 0 Å². The van der Waals surface area contributed by atoms with Gasteiger partial charge in [-0.1, -0.05) is 13.3 Å². The van der Waals surface area contributed by atoms with Crippen LogP contribution in [0, 0.1) is 5.41 Å². The maximum atomic E-state index is 12.2. The molecule has 23 heavy (non-hydrogen) atoms. The molecule has 0 radical (unpaired) electrons. The molecule has 1 saturated heterocycles. The molecule has 0 aromatic carbocycles. The number of carbonyl (C=O) groups is 1. The fraction of sp³-hybridized carbons (Fsp3) is 0.692. The number of aliphatic hydroxyl groups is 4. The topological polar surface area (TPSA) is 181 Å². The molecule has 1 aliphatic rings. The summed E-state index contributed by atoms with van der Waals surface area (Å²) in [6.07, 6.45) is -4.05. The zero-order valence-electron chi connectivity index (χ0n) is 12.8. The van der Waals surface area contributed by atoms with E-state index in [1.807, 2.05) is 6.92 Å². The fourth-order valence-corrected chi connectivity index (χ4v) is 2.13. The second kappa shape index (κ2) is 8.79. The lowest BCUT2D eigenvalue weighted by atomic mass is 10.1. The lowest BCUT2D eigenvalue weighted by molar-refractivity contribution is -0.124. The molecule has 0 aliphatic carbocycles. The van der Waals surface area contributed by atoms with E-state index in [-0.39, 0.29) is 17.1 Å². The number of hydrogen-bond acceptors (Lipinski definition) is 9. The Morgan fingerprint density at radius 3 is 2.43 bits per heavy atom. The summed E-state index contributed by atoms with van der Waals surface area (Å²) < 4.78 is 5.13. The first kappa shape index (κ1) is 19.3. The molecule has 0 spiro atoms. The van der Waals surface area contributed by atoms with Crippen LogP contribution >= 0.6 is 0 Å². The molecule has 1 rings (SSSR count). The standard InChI is InChI=1S/C13H24N4O6/c1-2-3-6(14)8(15)9(16-5-19)12(22)17-13-11(21)10(20)7(4-18)23-13/h7,10-11,13-14,16,18-21H,2-5,15H2,1H3,(H,17,22)/b9-8+,14-6?. The lowest BCUT2D eigenvalue weighted by Crippen LogP contribution is -2.47. The largest absolute Gasteiger partial charge is 0.395 e. The average Bonchev–Trinajstić information content (AvgIpc) is 2.79. The quantitative estimate of drug-likeness (QED) is 0.132. The van der Waals surface area contributed by atoms with Gasteiger partial charge in [-0.2, -0.15) is 0 Å². The summed E-state index contributed by atoms with van der Waals surface area (Å²) >= 11 is 0. The smallest absolute Gasteiger partial charge is 0.271 e. The van der Waals surface area contributed by atoms with Gasteiger partial charge >= 0.3 is 0 Å². The first-order valence-corrected chi connectivity index (χ1v) is 7.22. The molecule has 0 saturated carbocycles. The summed E-state index contributed by atoms with van der Waals surface area (Å²) in [7, 11) is 0.